The van der Waals surface area contributed by atoms with Crippen LogP contribution in [0.15, 0.2) is 48.5 Å². The monoisotopic (exact) mass is 491 g/mol. The molecule has 0 atom stereocenters. The average Bonchev–Trinajstić information content (AvgIpc) is 3.14. The Hall–Kier alpha value is -4.07. The number of nitrogens with zero attached hydrogens (tertiary/aromatic N) is 2. The number of aryl methyl sites for hydroxylation is 2. The third-order valence-electron chi connectivity index (χ3n) is 5.81. The fourth-order valence-electron chi connectivity index (χ4n) is 3.74. The molecule has 8 nitrogen and oxygen atoms in total. The molecule has 0 spiro atoms. The Balaban J connectivity index is 1.46. The zero-order valence-electron chi connectivity index (χ0n) is 21.5. The van der Waals surface area contributed by atoms with Crippen molar-refractivity contribution >= 4 is 18.0 Å². The maximum atomic E-state index is 12.2. The first-order valence-corrected chi connectivity index (χ1v) is 11.7. The second-order valence-corrected chi connectivity index (χ2v) is 8.46. The van der Waals surface area contributed by atoms with Crippen LogP contribution < -0.4 is 14.8 Å². The summed E-state index contributed by atoms with van der Waals surface area (Å²) in [6, 6.07) is 13.9. The van der Waals surface area contributed by atoms with Gasteiger partial charge in [-0.2, -0.15) is 5.10 Å². The van der Waals surface area contributed by atoms with Crippen LogP contribution in [-0.4, -0.2) is 49.0 Å². The molecule has 0 aliphatic carbocycles. The smallest absolute Gasteiger partial charge is 0.331 e. The quantitative estimate of drug-likeness (QED) is 0.324. The number of hydrogen-bond donors (Lipinski definition) is 1. The van der Waals surface area contributed by atoms with Crippen LogP contribution in [0, 0.1) is 20.8 Å². The largest absolute Gasteiger partial charge is 0.493 e. The van der Waals surface area contributed by atoms with E-state index < -0.39 is 5.97 Å². The van der Waals surface area contributed by atoms with Gasteiger partial charge in [-0.3, -0.25) is 9.48 Å². The summed E-state index contributed by atoms with van der Waals surface area (Å²) in [6.45, 7) is 6.62. The van der Waals surface area contributed by atoms with Gasteiger partial charge in [-0.15, -0.1) is 0 Å². The number of methoxy groups -OCH3 is 2. The number of carbonyl (C=O) groups is 2. The first-order chi connectivity index (χ1) is 17.3. The number of rotatable bonds is 11. The van der Waals surface area contributed by atoms with Crippen molar-refractivity contribution in [2.75, 3.05) is 27.4 Å². The van der Waals surface area contributed by atoms with Crippen molar-refractivity contribution in [3.05, 3.63) is 82.2 Å². The number of nitrogens with one attached hydrogen (secondary N) is 1. The molecule has 0 unspecified atom stereocenters. The number of ether oxygens (including phenoxy) is 3. The van der Waals surface area contributed by atoms with E-state index in [2.05, 4.69) is 41.6 Å². The van der Waals surface area contributed by atoms with Crippen LogP contribution in [0.3, 0.4) is 0 Å². The Morgan fingerprint density at radius 1 is 0.972 bits per heavy atom. The summed E-state index contributed by atoms with van der Waals surface area (Å²) in [5.41, 5.74) is 5.97. The van der Waals surface area contributed by atoms with Gasteiger partial charge in [-0.25, -0.2) is 4.79 Å². The van der Waals surface area contributed by atoms with E-state index in [1.165, 1.54) is 11.6 Å². The molecule has 1 N–H and O–H groups in total. The van der Waals surface area contributed by atoms with Gasteiger partial charge >= 0.3 is 5.97 Å². The van der Waals surface area contributed by atoms with E-state index in [0.717, 1.165) is 28.1 Å². The van der Waals surface area contributed by atoms with E-state index >= 15 is 0 Å². The molecule has 3 rings (SSSR count). The molecule has 190 valence electrons. The highest BCUT2D eigenvalue weighted by atomic mass is 16.5. The van der Waals surface area contributed by atoms with Gasteiger partial charge in [0.15, 0.2) is 18.1 Å². The number of benzene rings is 2. The van der Waals surface area contributed by atoms with E-state index in [1.54, 1.807) is 20.3 Å². The lowest BCUT2D eigenvalue weighted by atomic mass is 10.1. The SMILES string of the molecule is COc1ccc(CCNC(=O)COC(=O)C=Cc2c(C)nn(Cc3ccc(C)cc3)c2C)cc1OC. The predicted octanol–water partition coefficient (Wildman–Crippen LogP) is 3.79. The number of aromatic nitrogens is 2. The van der Waals surface area contributed by atoms with E-state index in [4.69, 9.17) is 14.2 Å². The second kappa shape index (κ2) is 12.6. The second-order valence-electron chi connectivity index (χ2n) is 8.46. The Kier molecular flexibility index (Phi) is 9.27. The lowest BCUT2D eigenvalue weighted by molar-refractivity contribution is -0.143. The van der Waals surface area contributed by atoms with Crippen molar-refractivity contribution in [1.82, 2.24) is 15.1 Å². The average molecular weight is 492 g/mol. The molecule has 0 bridgehead atoms. The van der Waals surface area contributed by atoms with Gasteiger partial charge in [0.25, 0.3) is 5.91 Å². The third kappa shape index (κ3) is 7.21. The molecule has 3 aromatic rings. The zero-order chi connectivity index (χ0) is 26.1. The summed E-state index contributed by atoms with van der Waals surface area (Å²) in [5, 5.41) is 7.34. The van der Waals surface area contributed by atoms with Crippen LogP contribution in [0.5, 0.6) is 11.5 Å². The maximum absolute atomic E-state index is 12.2. The standard InChI is InChI=1S/C28H33N3O5/c1-19-6-8-23(9-7-19)17-31-21(3)24(20(2)30-31)11-13-28(33)36-18-27(32)29-15-14-22-10-12-25(34-4)26(16-22)35-5/h6-13,16H,14-15,17-18H2,1-5H3,(H,29,32). The summed E-state index contributed by atoms with van der Waals surface area (Å²) >= 11 is 0. The van der Waals surface area contributed by atoms with E-state index in [9.17, 15) is 9.59 Å². The molecule has 36 heavy (non-hydrogen) atoms. The van der Waals surface area contributed by atoms with Gasteiger partial charge in [0.05, 0.1) is 26.5 Å². The van der Waals surface area contributed by atoms with Crippen LogP contribution in [0.25, 0.3) is 6.08 Å². The van der Waals surface area contributed by atoms with Gasteiger partial charge in [0, 0.05) is 23.9 Å². The molecule has 1 heterocycles. The van der Waals surface area contributed by atoms with Gasteiger partial charge in [0.1, 0.15) is 0 Å². The van der Waals surface area contributed by atoms with Gasteiger partial charge in [-0.05, 0) is 56.5 Å². The fourth-order valence-corrected chi connectivity index (χ4v) is 3.74. The lowest BCUT2D eigenvalue weighted by Gasteiger charge is -2.10. The van der Waals surface area contributed by atoms with Crippen LogP contribution >= 0.6 is 0 Å². The first-order valence-electron chi connectivity index (χ1n) is 11.7. The number of hydrogen-bond acceptors (Lipinski definition) is 6. The normalized spacial score (nSPS) is 10.9. The zero-order valence-corrected chi connectivity index (χ0v) is 21.5. The van der Waals surface area contributed by atoms with Gasteiger partial charge < -0.3 is 19.5 Å². The van der Waals surface area contributed by atoms with Crippen molar-refractivity contribution < 1.29 is 23.8 Å². The molecule has 0 radical (unpaired) electrons. The van der Waals surface area contributed by atoms with E-state index in [0.29, 0.717) is 31.0 Å². The number of amides is 1. The van der Waals surface area contributed by atoms with Crippen molar-refractivity contribution in [3.63, 3.8) is 0 Å². The summed E-state index contributed by atoms with van der Waals surface area (Å²) < 4.78 is 17.5. The molecule has 1 aromatic heterocycles. The van der Waals surface area contributed by atoms with E-state index in [1.807, 2.05) is 36.7 Å². The Labute approximate surface area is 211 Å². The van der Waals surface area contributed by atoms with Crippen molar-refractivity contribution in [2.24, 2.45) is 0 Å². The molecular weight excluding hydrogens is 458 g/mol. The minimum Gasteiger partial charge on any atom is -0.493 e. The minimum absolute atomic E-state index is 0.347. The van der Waals surface area contributed by atoms with Crippen LogP contribution in [0.1, 0.15) is 33.6 Å². The van der Waals surface area contributed by atoms with E-state index in [-0.39, 0.29) is 12.5 Å². The summed E-state index contributed by atoms with van der Waals surface area (Å²) in [4.78, 5) is 24.2. The van der Waals surface area contributed by atoms with Crippen LogP contribution in [-0.2, 0) is 27.3 Å². The molecule has 2 aromatic carbocycles. The molecule has 0 fully saturated rings. The maximum Gasteiger partial charge on any atom is 0.331 e. The molecule has 0 aliphatic rings. The lowest BCUT2D eigenvalue weighted by Crippen LogP contribution is -2.30. The molecular formula is C28H33N3O5. The first kappa shape index (κ1) is 26.5. The molecule has 0 saturated heterocycles. The number of esters is 1. The Morgan fingerprint density at radius 2 is 1.67 bits per heavy atom. The summed E-state index contributed by atoms with van der Waals surface area (Å²) in [7, 11) is 3.16. The molecule has 0 saturated carbocycles. The predicted molar refractivity (Wildman–Crippen MR) is 138 cm³/mol. The summed E-state index contributed by atoms with van der Waals surface area (Å²) in [5.74, 6) is 0.327. The Bertz CT molecular complexity index is 1230. The van der Waals surface area contributed by atoms with Gasteiger partial charge in [-0.1, -0.05) is 35.9 Å². The third-order valence-corrected chi connectivity index (χ3v) is 5.81. The van der Waals surface area contributed by atoms with Gasteiger partial charge in [0.2, 0.25) is 0 Å². The molecule has 1 amide bonds. The van der Waals surface area contributed by atoms with Crippen molar-refractivity contribution in [1.29, 1.82) is 0 Å². The highest BCUT2D eigenvalue weighted by Gasteiger charge is 2.11. The summed E-state index contributed by atoms with van der Waals surface area (Å²) in [6.07, 6.45) is 3.61. The molecule has 0 aliphatic heterocycles. The highest BCUT2D eigenvalue weighted by molar-refractivity contribution is 5.89. The van der Waals surface area contributed by atoms with Crippen molar-refractivity contribution in [3.8, 4) is 11.5 Å². The van der Waals surface area contributed by atoms with Crippen LogP contribution in [0.2, 0.25) is 0 Å². The Morgan fingerprint density at radius 3 is 2.36 bits per heavy atom. The fraction of sp³-hybridized carbons (Fsp3) is 0.321. The molecule has 8 heteroatoms. The van der Waals surface area contributed by atoms with Crippen LogP contribution in [0.4, 0.5) is 0 Å². The van der Waals surface area contributed by atoms with Crippen molar-refractivity contribution in [2.45, 2.75) is 33.7 Å². The minimum atomic E-state index is -0.588. The topological polar surface area (TPSA) is 91.7 Å². The number of carbonyl (C=O) groups excluding carboxylic acids is 2. The highest BCUT2D eigenvalue weighted by Crippen LogP contribution is 2.27.